The number of methoxy groups -OCH3 is 1. The first kappa shape index (κ1) is 27.5. The summed E-state index contributed by atoms with van der Waals surface area (Å²) in [6.45, 7) is 6.62. The number of aliphatic hydroxyl groups excluding tert-OH is 1. The third-order valence-corrected chi connectivity index (χ3v) is 6.26. The molecule has 11 heteroatoms. The Morgan fingerprint density at radius 2 is 2.00 bits per heavy atom. The smallest absolute Gasteiger partial charge is 0.337 e. The molecule has 206 valence electrons. The van der Waals surface area contributed by atoms with Crippen molar-refractivity contribution >= 4 is 29.1 Å². The number of carbonyl (C=O) groups is 2. The van der Waals surface area contributed by atoms with Crippen LogP contribution < -0.4 is 25.5 Å². The van der Waals surface area contributed by atoms with E-state index in [1.807, 2.05) is 31.3 Å². The van der Waals surface area contributed by atoms with E-state index in [4.69, 9.17) is 14.2 Å². The molecule has 1 aromatic heterocycles. The van der Waals surface area contributed by atoms with Gasteiger partial charge in [0.2, 0.25) is 0 Å². The summed E-state index contributed by atoms with van der Waals surface area (Å²) in [7, 11) is 1.28. The molecule has 2 amide bonds. The standard InChI is InChI=1S/C28H33N5O6/c1-5-33-15-19(20-9-7-8-10-21(20)33)14-29-32-24(34)16-39-22-12-11-18(13-23(22)38-6-2)26-25(27(35)37-4)17(3)30-28(36)31-26/h7-15,24,26,32,34H,5-6,16H2,1-4H3,(H2,30,31,36)/b29-14+/t24-,26-/m0/s1. The van der Waals surface area contributed by atoms with Gasteiger partial charge in [0.15, 0.2) is 17.7 Å². The zero-order valence-electron chi connectivity index (χ0n) is 22.4. The second kappa shape index (κ2) is 12.4. The van der Waals surface area contributed by atoms with E-state index in [9.17, 15) is 14.7 Å². The van der Waals surface area contributed by atoms with Crippen molar-refractivity contribution in [1.29, 1.82) is 0 Å². The van der Waals surface area contributed by atoms with Crippen molar-refractivity contribution in [1.82, 2.24) is 20.6 Å². The van der Waals surface area contributed by atoms with E-state index < -0.39 is 24.3 Å². The molecule has 0 unspecified atom stereocenters. The molecule has 0 saturated heterocycles. The number of fused-ring (bicyclic) bond motifs is 1. The van der Waals surface area contributed by atoms with Crippen molar-refractivity contribution in [2.24, 2.45) is 5.10 Å². The van der Waals surface area contributed by atoms with Crippen LogP contribution in [0.1, 0.15) is 37.9 Å². The SMILES string of the molecule is CCOc1cc([C@@H]2NC(=O)NC(C)=C2C(=O)OC)ccc1OC[C@H](O)N/N=C/c1cn(CC)c2ccccc12. The molecule has 1 aliphatic heterocycles. The minimum Gasteiger partial charge on any atom is -0.490 e. The van der Waals surface area contributed by atoms with Gasteiger partial charge in [-0.3, -0.25) is 5.43 Å². The van der Waals surface area contributed by atoms with E-state index in [0.29, 0.717) is 29.4 Å². The molecule has 0 spiro atoms. The Labute approximate surface area is 226 Å². The van der Waals surface area contributed by atoms with Gasteiger partial charge in [-0.25, -0.2) is 9.59 Å². The zero-order chi connectivity index (χ0) is 27.9. The fourth-order valence-electron chi connectivity index (χ4n) is 4.45. The van der Waals surface area contributed by atoms with Crippen LogP contribution in [0.15, 0.2) is 65.0 Å². The van der Waals surface area contributed by atoms with Gasteiger partial charge in [0.25, 0.3) is 0 Å². The number of amides is 2. The fourth-order valence-corrected chi connectivity index (χ4v) is 4.45. The number of hydrazone groups is 1. The van der Waals surface area contributed by atoms with E-state index in [2.05, 4.69) is 38.7 Å². The summed E-state index contributed by atoms with van der Waals surface area (Å²) in [6.07, 6.45) is 2.59. The molecule has 2 heterocycles. The maximum absolute atomic E-state index is 12.4. The second-order valence-corrected chi connectivity index (χ2v) is 8.80. The first-order valence-corrected chi connectivity index (χ1v) is 12.7. The quantitative estimate of drug-likeness (QED) is 0.128. The van der Waals surface area contributed by atoms with Gasteiger partial charge < -0.3 is 34.5 Å². The van der Waals surface area contributed by atoms with Gasteiger partial charge in [-0.05, 0) is 44.5 Å². The van der Waals surface area contributed by atoms with E-state index in [0.717, 1.165) is 23.0 Å². The average Bonchev–Trinajstić information content (AvgIpc) is 3.29. The van der Waals surface area contributed by atoms with Crippen LogP contribution in [-0.4, -0.2) is 54.4 Å². The normalized spacial score (nSPS) is 16.1. The molecule has 0 aliphatic carbocycles. The van der Waals surface area contributed by atoms with E-state index in [1.54, 1.807) is 31.3 Å². The Balaban J connectivity index is 1.45. The highest BCUT2D eigenvalue weighted by Crippen LogP contribution is 2.35. The first-order valence-electron chi connectivity index (χ1n) is 12.7. The number of aliphatic hydroxyl groups is 1. The van der Waals surface area contributed by atoms with E-state index in [-0.39, 0.29) is 12.2 Å². The largest absolute Gasteiger partial charge is 0.490 e. The van der Waals surface area contributed by atoms with E-state index >= 15 is 0 Å². The number of benzene rings is 2. The number of hydrogen-bond donors (Lipinski definition) is 4. The number of rotatable bonds is 11. The predicted octanol–water partition coefficient (Wildman–Crippen LogP) is 3.18. The molecule has 0 saturated carbocycles. The van der Waals surface area contributed by atoms with Gasteiger partial charge in [0.05, 0.1) is 31.5 Å². The summed E-state index contributed by atoms with van der Waals surface area (Å²) in [5.41, 5.74) is 6.03. The van der Waals surface area contributed by atoms with Gasteiger partial charge in [-0.1, -0.05) is 24.3 Å². The average molecular weight is 536 g/mol. The van der Waals surface area contributed by atoms with Crippen molar-refractivity contribution in [3.8, 4) is 11.5 Å². The van der Waals surface area contributed by atoms with E-state index in [1.165, 1.54) is 7.11 Å². The van der Waals surface area contributed by atoms with Crippen LogP contribution in [0.2, 0.25) is 0 Å². The Kier molecular flexibility index (Phi) is 8.72. The number of aryl methyl sites for hydroxylation is 1. The van der Waals surface area contributed by atoms with Crippen LogP contribution in [-0.2, 0) is 16.1 Å². The molecule has 11 nitrogen and oxygen atoms in total. The van der Waals surface area contributed by atoms with Crippen molar-refractivity contribution in [3.05, 3.63) is 71.1 Å². The number of aromatic nitrogens is 1. The van der Waals surface area contributed by atoms with Gasteiger partial charge in [-0.2, -0.15) is 5.10 Å². The van der Waals surface area contributed by atoms with Crippen LogP contribution >= 0.6 is 0 Å². The number of urea groups is 1. The molecule has 4 rings (SSSR count). The third kappa shape index (κ3) is 6.15. The van der Waals surface area contributed by atoms with Crippen LogP contribution in [0.25, 0.3) is 10.9 Å². The lowest BCUT2D eigenvalue weighted by atomic mass is 9.95. The molecular weight excluding hydrogens is 502 g/mol. The van der Waals surface area contributed by atoms with Crippen molar-refractivity contribution in [3.63, 3.8) is 0 Å². The molecule has 0 fully saturated rings. The molecular formula is C28H33N5O6. The predicted molar refractivity (Wildman–Crippen MR) is 147 cm³/mol. The van der Waals surface area contributed by atoms with Crippen molar-refractivity contribution in [2.75, 3.05) is 20.3 Å². The highest BCUT2D eigenvalue weighted by Gasteiger charge is 2.32. The lowest BCUT2D eigenvalue weighted by Crippen LogP contribution is -2.45. The fraction of sp³-hybridized carbons (Fsp3) is 0.321. The Hall–Kier alpha value is -4.51. The number of para-hydroxylation sites is 1. The van der Waals surface area contributed by atoms with Gasteiger partial charge in [-0.15, -0.1) is 0 Å². The number of esters is 1. The Bertz CT molecular complexity index is 1410. The summed E-state index contributed by atoms with van der Waals surface area (Å²) in [4.78, 5) is 24.5. The monoisotopic (exact) mass is 535 g/mol. The minimum absolute atomic E-state index is 0.107. The highest BCUT2D eigenvalue weighted by molar-refractivity contribution is 5.99. The lowest BCUT2D eigenvalue weighted by Gasteiger charge is -2.28. The minimum atomic E-state index is -1.09. The van der Waals surface area contributed by atoms with Gasteiger partial charge in [0.1, 0.15) is 6.61 Å². The molecule has 2 atom stereocenters. The van der Waals surface area contributed by atoms with Gasteiger partial charge >= 0.3 is 12.0 Å². The summed E-state index contributed by atoms with van der Waals surface area (Å²) < 4.78 is 18.6. The van der Waals surface area contributed by atoms with Crippen molar-refractivity contribution in [2.45, 2.75) is 39.6 Å². The third-order valence-electron chi connectivity index (χ3n) is 6.26. The van der Waals surface area contributed by atoms with Crippen LogP contribution in [0.4, 0.5) is 4.79 Å². The van der Waals surface area contributed by atoms with Crippen molar-refractivity contribution < 1.29 is 28.9 Å². The number of allylic oxidation sites excluding steroid dienone is 1. The second-order valence-electron chi connectivity index (χ2n) is 8.80. The number of hydrogen-bond acceptors (Lipinski definition) is 8. The number of ether oxygens (including phenoxy) is 3. The number of nitrogens with one attached hydrogen (secondary N) is 3. The maximum Gasteiger partial charge on any atom is 0.337 e. The molecule has 0 bridgehead atoms. The van der Waals surface area contributed by atoms with Crippen LogP contribution in [0, 0.1) is 0 Å². The highest BCUT2D eigenvalue weighted by atomic mass is 16.5. The topological polar surface area (TPSA) is 135 Å². The molecule has 1 aliphatic rings. The maximum atomic E-state index is 12.4. The zero-order valence-corrected chi connectivity index (χ0v) is 22.4. The van der Waals surface area contributed by atoms with Crippen LogP contribution in [0.5, 0.6) is 11.5 Å². The molecule has 39 heavy (non-hydrogen) atoms. The molecule has 2 aromatic carbocycles. The molecule has 0 radical (unpaired) electrons. The van der Waals surface area contributed by atoms with Gasteiger partial charge in [0, 0.05) is 34.9 Å². The first-order chi connectivity index (χ1) is 18.9. The lowest BCUT2D eigenvalue weighted by molar-refractivity contribution is -0.136. The summed E-state index contributed by atoms with van der Waals surface area (Å²) in [5.74, 6) is 0.224. The molecule has 3 aromatic rings. The molecule has 4 N–H and O–H groups in total. The Morgan fingerprint density at radius 1 is 1.21 bits per heavy atom. The number of nitrogens with zero attached hydrogens (tertiary/aromatic N) is 2. The summed E-state index contributed by atoms with van der Waals surface area (Å²) in [6, 6.07) is 12.0. The van der Waals surface area contributed by atoms with Crippen LogP contribution in [0.3, 0.4) is 0 Å². The summed E-state index contributed by atoms with van der Waals surface area (Å²) in [5, 5.41) is 21.0. The Morgan fingerprint density at radius 3 is 2.74 bits per heavy atom. The summed E-state index contributed by atoms with van der Waals surface area (Å²) >= 11 is 0. The number of carbonyl (C=O) groups excluding carboxylic acids is 2.